The lowest BCUT2D eigenvalue weighted by Crippen LogP contribution is -2.12. The Morgan fingerprint density at radius 1 is 0.892 bits per heavy atom. The van der Waals surface area contributed by atoms with E-state index in [1.165, 1.54) is 11.8 Å². The zero-order chi connectivity index (χ0) is 26.4. The number of pyridine rings is 1. The Kier molecular flexibility index (Phi) is 8.11. The van der Waals surface area contributed by atoms with E-state index in [0.29, 0.717) is 22.0 Å². The molecule has 0 fully saturated rings. The first-order valence-electron chi connectivity index (χ1n) is 11.6. The van der Waals surface area contributed by atoms with E-state index in [1.54, 1.807) is 14.2 Å². The number of aromatic nitrogens is 1. The predicted octanol–water partition coefficient (Wildman–Crippen LogP) is 6.62. The number of carbonyl (C=O) groups is 1. The third-order valence-corrected chi connectivity index (χ3v) is 6.79. The number of benzene rings is 3. The predicted molar refractivity (Wildman–Crippen MR) is 145 cm³/mol. The van der Waals surface area contributed by atoms with Gasteiger partial charge in [0.05, 0.1) is 31.2 Å². The molecule has 186 valence electrons. The van der Waals surface area contributed by atoms with Crippen LogP contribution >= 0.6 is 11.8 Å². The van der Waals surface area contributed by atoms with Crippen LogP contribution in [0.5, 0.6) is 17.2 Å². The number of ether oxygens (including phenoxy) is 3. The van der Waals surface area contributed by atoms with Crippen LogP contribution in [0.4, 0.5) is 0 Å². The van der Waals surface area contributed by atoms with Crippen LogP contribution in [0.25, 0.3) is 22.4 Å². The highest BCUT2D eigenvalue weighted by atomic mass is 32.2. The fourth-order valence-electron chi connectivity index (χ4n) is 3.87. The van der Waals surface area contributed by atoms with E-state index in [-0.39, 0.29) is 5.75 Å². The van der Waals surface area contributed by atoms with Gasteiger partial charge in [0, 0.05) is 11.1 Å². The lowest BCUT2D eigenvalue weighted by Gasteiger charge is -2.14. The van der Waals surface area contributed by atoms with Gasteiger partial charge < -0.3 is 14.2 Å². The summed E-state index contributed by atoms with van der Waals surface area (Å²) in [6, 6.07) is 24.9. The van der Waals surface area contributed by atoms with E-state index in [9.17, 15) is 10.1 Å². The van der Waals surface area contributed by atoms with Crippen molar-refractivity contribution in [3.8, 4) is 45.7 Å². The first-order chi connectivity index (χ1) is 17.9. The first-order valence-corrected chi connectivity index (χ1v) is 12.6. The van der Waals surface area contributed by atoms with Crippen molar-refractivity contribution in [3.05, 3.63) is 89.5 Å². The summed E-state index contributed by atoms with van der Waals surface area (Å²) in [6.45, 7) is 3.80. The SMILES string of the molecule is COc1ccc(-c2cc(-c3ccc(OC)cc3)c(C#N)c(SCC(=O)Oc3c(C)cccc3C)n2)cc1. The average molecular weight is 511 g/mol. The minimum Gasteiger partial charge on any atom is -0.497 e. The summed E-state index contributed by atoms with van der Waals surface area (Å²) in [5, 5.41) is 10.6. The van der Waals surface area contributed by atoms with Crippen molar-refractivity contribution in [1.29, 1.82) is 5.26 Å². The third kappa shape index (κ3) is 5.93. The van der Waals surface area contributed by atoms with Crippen LogP contribution in [0.2, 0.25) is 0 Å². The van der Waals surface area contributed by atoms with Crippen LogP contribution in [0.1, 0.15) is 16.7 Å². The maximum absolute atomic E-state index is 12.8. The molecular formula is C30H26N2O4S. The molecule has 0 aliphatic carbocycles. The lowest BCUT2D eigenvalue weighted by atomic mass is 9.99. The fourth-order valence-corrected chi connectivity index (χ4v) is 4.65. The Hall–Kier alpha value is -4.28. The molecule has 0 bridgehead atoms. The second kappa shape index (κ2) is 11.6. The summed E-state index contributed by atoms with van der Waals surface area (Å²) in [5.41, 5.74) is 5.27. The summed E-state index contributed by atoms with van der Waals surface area (Å²) in [7, 11) is 3.22. The van der Waals surface area contributed by atoms with E-state index < -0.39 is 5.97 Å². The number of esters is 1. The van der Waals surface area contributed by atoms with Crippen molar-refractivity contribution >= 4 is 17.7 Å². The van der Waals surface area contributed by atoms with Crippen LogP contribution in [-0.2, 0) is 4.79 Å². The highest BCUT2D eigenvalue weighted by molar-refractivity contribution is 7.99. The number of nitrogens with zero attached hydrogens (tertiary/aromatic N) is 2. The quantitative estimate of drug-likeness (QED) is 0.150. The standard InChI is InChI=1S/C30H26N2O4S/c1-19-6-5-7-20(2)29(19)36-28(33)18-37-30-26(17-31)25(21-8-12-23(34-3)13-9-21)16-27(32-30)22-10-14-24(35-4)15-11-22/h5-16H,18H2,1-4H3. The molecule has 0 aliphatic rings. The number of hydrogen-bond acceptors (Lipinski definition) is 7. The molecule has 3 aromatic carbocycles. The maximum Gasteiger partial charge on any atom is 0.321 e. The van der Waals surface area contributed by atoms with Crippen molar-refractivity contribution in [1.82, 2.24) is 4.98 Å². The van der Waals surface area contributed by atoms with Gasteiger partial charge >= 0.3 is 5.97 Å². The van der Waals surface area contributed by atoms with Crippen LogP contribution in [0.3, 0.4) is 0 Å². The highest BCUT2D eigenvalue weighted by Crippen LogP contribution is 2.35. The topological polar surface area (TPSA) is 81.4 Å². The number of methoxy groups -OCH3 is 2. The molecule has 0 atom stereocenters. The number of rotatable bonds is 8. The molecule has 0 amide bonds. The number of para-hydroxylation sites is 1. The molecular weight excluding hydrogens is 484 g/mol. The van der Waals surface area contributed by atoms with Crippen molar-refractivity contribution < 1.29 is 19.0 Å². The van der Waals surface area contributed by atoms with Crippen molar-refractivity contribution in [2.45, 2.75) is 18.9 Å². The van der Waals surface area contributed by atoms with Gasteiger partial charge in [0.1, 0.15) is 28.3 Å². The zero-order valence-corrected chi connectivity index (χ0v) is 21.9. The van der Waals surface area contributed by atoms with Crippen LogP contribution in [0.15, 0.2) is 77.8 Å². The molecule has 37 heavy (non-hydrogen) atoms. The molecule has 0 aliphatic heterocycles. The molecule has 0 N–H and O–H groups in total. The number of aryl methyl sites for hydroxylation is 2. The molecule has 1 heterocycles. The molecule has 4 rings (SSSR count). The average Bonchev–Trinajstić information content (AvgIpc) is 2.93. The molecule has 0 radical (unpaired) electrons. The molecule has 4 aromatic rings. The van der Waals surface area contributed by atoms with Gasteiger partial charge in [-0.05, 0) is 73.0 Å². The van der Waals surface area contributed by atoms with E-state index in [1.807, 2.05) is 86.6 Å². The smallest absolute Gasteiger partial charge is 0.321 e. The monoisotopic (exact) mass is 510 g/mol. The highest BCUT2D eigenvalue weighted by Gasteiger charge is 2.18. The Bertz CT molecular complexity index is 1440. The van der Waals surface area contributed by atoms with E-state index in [2.05, 4.69) is 6.07 Å². The molecule has 0 spiro atoms. The number of thioether (sulfide) groups is 1. The van der Waals surface area contributed by atoms with Crippen LogP contribution in [-0.4, -0.2) is 30.9 Å². The van der Waals surface area contributed by atoms with Gasteiger partial charge in [-0.15, -0.1) is 0 Å². The largest absolute Gasteiger partial charge is 0.497 e. The van der Waals surface area contributed by atoms with Gasteiger partial charge in [0.2, 0.25) is 0 Å². The molecule has 6 nitrogen and oxygen atoms in total. The number of carbonyl (C=O) groups excluding carboxylic acids is 1. The number of hydrogen-bond donors (Lipinski definition) is 0. The Morgan fingerprint density at radius 3 is 2.00 bits per heavy atom. The summed E-state index contributed by atoms with van der Waals surface area (Å²) in [4.78, 5) is 17.5. The van der Waals surface area contributed by atoms with Gasteiger partial charge in [0.25, 0.3) is 0 Å². The van der Waals surface area contributed by atoms with Crippen molar-refractivity contribution in [2.24, 2.45) is 0 Å². The Balaban J connectivity index is 1.71. The van der Waals surface area contributed by atoms with Gasteiger partial charge in [-0.1, -0.05) is 42.1 Å². The molecule has 0 unspecified atom stereocenters. The second-order valence-electron chi connectivity index (χ2n) is 8.29. The third-order valence-electron chi connectivity index (χ3n) is 5.84. The summed E-state index contributed by atoms with van der Waals surface area (Å²) in [6.07, 6.45) is 0. The second-order valence-corrected chi connectivity index (χ2v) is 9.25. The van der Waals surface area contributed by atoms with Gasteiger partial charge in [0.15, 0.2) is 0 Å². The maximum atomic E-state index is 12.8. The fraction of sp³-hybridized carbons (Fsp3) is 0.167. The van der Waals surface area contributed by atoms with Gasteiger partial charge in [-0.3, -0.25) is 4.79 Å². The Labute approximate surface area is 220 Å². The van der Waals surface area contributed by atoms with Crippen molar-refractivity contribution in [2.75, 3.05) is 20.0 Å². The van der Waals surface area contributed by atoms with E-state index >= 15 is 0 Å². The van der Waals surface area contributed by atoms with Crippen LogP contribution in [0, 0.1) is 25.2 Å². The lowest BCUT2D eigenvalue weighted by molar-refractivity contribution is -0.131. The molecule has 7 heteroatoms. The van der Waals surface area contributed by atoms with E-state index in [0.717, 1.165) is 39.3 Å². The molecule has 1 aromatic heterocycles. The normalized spacial score (nSPS) is 10.5. The summed E-state index contributed by atoms with van der Waals surface area (Å²) >= 11 is 1.19. The summed E-state index contributed by atoms with van der Waals surface area (Å²) in [5.74, 6) is 1.61. The summed E-state index contributed by atoms with van der Waals surface area (Å²) < 4.78 is 16.2. The first kappa shape index (κ1) is 25.8. The Morgan fingerprint density at radius 2 is 1.46 bits per heavy atom. The minimum absolute atomic E-state index is 0.00354. The molecule has 0 saturated carbocycles. The zero-order valence-electron chi connectivity index (χ0n) is 21.1. The van der Waals surface area contributed by atoms with Gasteiger partial charge in [-0.25, -0.2) is 4.98 Å². The van der Waals surface area contributed by atoms with Crippen LogP contribution < -0.4 is 14.2 Å². The molecule has 0 saturated heterocycles. The number of nitriles is 1. The minimum atomic E-state index is -0.408. The van der Waals surface area contributed by atoms with E-state index in [4.69, 9.17) is 19.2 Å². The van der Waals surface area contributed by atoms with Crippen molar-refractivity contribution in [3.63, 3.8) is 0 Å². The van der Waals surface area contributed by atoms with Gasteiger partial charge in [-0.2, -0.15) is 5.26 Å².